The lowest BCUT2D eigenvalue weighted by molar-refractivity contribution is 0.492. The number of nitrogens with zero attached hydrogens (tertiary/aromatic N) is 2. The van der Waals surface area contributed by atoms with E-state index in [0.717, 1.165) is 17.6 Å². The Morgan fingerprint density at radius 2 is 1.94 bits per heavy atom. The van der Waals surface area contributed by atoms with Gasteiger partial charge in [0.25, 0.3) is 0 Å². The molecule has 2 aliphatic rings. The predicted molar refractivity (Wildman–Crippen MR) is 68.8 cm³/mol. The Morgan fingerprint density at radius 3 is 2.53 bits per heavy atom. The maximum atomic E-state index is 5.84. The fourth-order valence-electron chi connectivity index (χ4n) is 2.31. The van der Waals surface area contributed by atoms with E-state index in [9.17, 15) is 0 Å². The molecule has 0 bridgehead atoms. The molecule has 0 saturated heterocycles. The third kappa shape index (κ3) is 2.35. The van der Waals surface area contributed by atoms with Crippen molar-refractivity contribution >= 4 is 11.6 Å². The summed E-state index contributed by atoms with van der Waals surface area (Å²) in [5, 5.41) is 3.51. The van der Waals surface area contributed by atoms with Gasteiger partial charge < -0.3 is 11.1 Å². The largest absolute Gasteiger partial charge is 0.384 e. The van der Waals surface area contributed by atoms with E-state index in [4.69, 9.17) is 5.73 Å². The van der Waals surface area contributed by atoms with Crippen molar-refractivity contribution in [3.05, 3.63) is 11.9 Å². The fourth-order valence-corrected chi connectivity index (χ4v) is 2.31. The highest BCUT2D eigenvalue weighted by atomic mass is 15.1. The van der Waals surface area contributed by atoms with Crippen molar-refractivity contribution in [1.82, 2.24) is 9.97 Å². The summed E-state index contributed by atoms with van der Waals surface area (Å²) in [6, 6.07) is 1.84. The van der Waals surface area contributed by atoms with Gasteiger partial charge in [0.2, 0.25) is 0 Å². The zero-order chi connectivity index (χ0) is 12.0. The lowest BCUT2D eigenvalue weighted by Crippen LogP contribution is -2.33. The summed E-state index contributed by atoms with van der Waals surface area (Å²) in [7, 11) is 0. The minimum absolute atomic E-state index is 0.113. The Bertz CT molecular complexity index is 433. The van der Waals surface area contributed by atoms with E-state index in [1.54, 1.807) is 0 Å². The topological polar surface area (TPSA) is 63.8 Å². The van der Waals surface area contributed by atoms with Crippen LogP contribution < -0.4 is 11.1 Å². The van der Waals surface area contributed by atoms with Crippen molar-refractivity contribution < 1.29 is 0 Å². The molecule has 0 radical (unpaired) electrons. The Morgan fingerprint density at radius 1 is 1.24 bits per heavy atom. The van der Waals surface area contributed by atoms with Crippen LogP contribution >= 0.6 is 0 Å². The minimum Gasteiger partial charge on any atom is -0.384 e. The molecule has 1 heterocycles. The number of nitrogen functional groups attached to an aromatic ring is 1. The van der Waals surface area contributed by atoms with Crippen LogP contribution in [0.4, 0.5) is 11.6 Å². The molecule has 2 fully saturated rings. The predicted octanol–water partition coefficient (Wildman–Crippen LogP) is 2.54. The second-order valence-corrected chi connectivity index (χ2v) is 5.93. The monoisotopic (exact) mass is 232 g/mol. The lowest BCUT2D eigenvalue weighted by Gasteiger charge is -2.27. The molecular weight excluding hydrogens is 212 g/mol. The van der Waals surface area contributed by atoms with Crippen LogP contribution in [0.3, 0.4) is 0 Å². The maximum absolute atomic E-state index is 5.84. The van der Waals surface area contributed by atoms with Crippen molar-refractivity contribution in [2.75, 3.05) is 11.1 Å². The molecule has 0 aliphatic heterocycles. The molecule has 0 amide bonds. The summed E-state index contributed by atoms with van der Waals surface area (Å²) in [4.78, 5) is 8.90. The van der Waals surface area contributed by atoms with Gasteiger partial charge in [0.05, 0.1) is 0 Å². The SMILES string of the molecule is CC(C)(Nc1cc(N)nc(C2CC2)n1)C1CC1. The smallest absolute Gasteiger partial charge is 0.136 e. The molecule has 17 heavy (non-hydrogen) atoms. The number of hydrogen-bond acceptors (Lipinski definition) is 4. The van der Waals surface area contributed by atoms with E-state index in [0.29, 0.717) is 11.7 Å². The molecule has 0 spiro atoms. The molecular formula is C13H20N4. The molecule has 1 aromatic rings. The van der Waals surface area contributed by atoms with Crippen molar-refractivity contribution in [3.8, 4) is 0 Å². The molecule has 0 aromatic carbocycles. The second-order valence-electron chi connectivity index (χ2n) is 5.93. The zero-order valence-electron chi connectivity index (χ0n) is 10.5. The third-order valence-corrected chi connectivity index (χ3v) is 3.75. The summed E-state index contributed by atoms with van der Waals surface area (Å²) >= 11 is 0. The van der Waals surface area contributed by atoms with E-state index in [2.05, 4.69) is 29.1 Å². The second kappa shape index (κ2) is 3.59. The average Bonchev–Trinajstić information content (AvgIpc) is 3.09. The van der Waals surface area contributed by atoms with Gasteiger partial charge in [-0.2, -0.15) is 0 Å². The summed E-state index contributed by atoms with van der Waals surface area (Å²) in [6.45, 7) is 4.47. The standard InChI is InChI=1S/C13H20N4/c1-13(2,9-5-6-9)17-11-7-10(14)15-12(16-11)8-3-4-8/h7-9H,3-6H2,1-2H3,(H3,14,15,16,17). The van der Waals surface area contributed by atoms with Crippen LogP contribution in [-0.2, 0) is 0 Å². The van der Waals surface area contributed by atoms with Crippen LogP contribution in [0.5, 0.6) is 0 Å². The molecule has 3 rings (SSSR count). The highest BCUT2D eigenvalue weighted by molar-refractivity contribution is 5.47. The highest BCUT2D eigenvalue weighted by Crippen LogP contribution is 2.42. The molecule has 0 unspecified atom stereocenters. The van der Waals surface area contributed by atoms with Crippen LogP contribution in [0, 0.1) is 5.92 Å². The molecule has 4 nitrogen and oxygen atoms in total. The molecule has 2 aliphatic carbocycles. The first-order valence-corrected chi connectivity index (χ1v) is 6.47. The summed E-state index contributed by atoms with van der Waals surface area (Å²) in [5.41, 5.74) is 5.96. The van der Waals surface area contributed by atoms with E-state index in [-0.39, 0.29) is 5.54 Å². The molecule has 92 valence electrons. The Balaban J connectivity index is 1.81. The van der Waals surface area contributed by atoms with Gasteiger partial charge in [-0.25, -0.2) is 9.97 Å². The molecule has 2 saturated carbocycles. The van der Waals surface area contributed by atoms with Crippen LogP contribution in [-0.4, -0.2) is 15.5 Å². The fraction of sp³-hybridized carbons (Fsp3) is 0.692. The van der Waals surface area contributed by atoms with Gasteiger partial charge in [0.15, 0.2) is 0 Å². The summed E-state index contributed by atoms with van der Waals surface area (Å²) in [6.07, 6.45) is 5.04. The maximum Gasteiger partial charge on any atom is 0.136 e. The zero-order valence-corrected chi connectivity index (χ0v) is 10.5. The minimum atomic E-state index is 0.113. The number of nitrogens with two attached hydrogens (primary N) is 1. The quantitative estimate of drug-likeness (QED) is 0.837. The van der Waals surface area contributed by atoms with E-state index >= 15 is 0 Å². The highest BCUT2D eigenvalue weighted by Gasteiger charge is 2.38. The molecule has 3 N–H and O–H groups in total. The van der Waals surface area contributed by atoms with Crippen molar-refractivity contribution in [3.63, 3.8) is 0 Å². The Labute approximate surface area is 102 Å². The van der Waals surface area contributed by atoms with Gasteiger partial charge in [-0.15, -0.1) is 0 Å². The Hall–Kier alpha value is -1.32. The summed E-state index contributed by atoms with van der Waals surface area (Å²) < 4.78 is 0. The first-order valence-electron chi connectivity index (χ1n) is 6.47. The normalized spacial score (nSPS) is 20.4. The number of nitrogens with one attached hydrogen (secondary N) is 1. The number of rotatable bonds is 4. The first kappa shape index (κ1) is 10.8. The number of anilines is 2. The third-order valence-electron chi connectivity index (χ3n) is 3.75. The number of aromatic nitrogens is 2. The van der Waals surface area contributed by atoms with Crippen LogP contribution in [0.2, 0.25) is 0 Å². The van der Waals surface area contributed by atoms with E-state index < -0.39 is 0 Å². The van der Waals surface area contributed by atoms with Crippen LogP contribution in [0.25, 0.3) is 0 Å². The van der Waals surface area contributed by atoms with Crippen molar-refractivity contribution in [2.45, 2.75) is 51.0 Å². The summed E-state index contributed by atoms with van der Waals surface area (Å²) in [5.74, 6) is 3.69. The van der Waals surface area contributed by atoms with Gasteiger partial charge in [-0.05, 0) is 45.4 Å². The molecule has 1 aromatic heterocycles. The van der Waals surface area contributed by atoms with Crippen molar-refractivity contribution in [2.24, 2.45) is 5.92 Å². The van der Waals surface area contributed by atoms with Gasteiger partial charge in [0, 0.05) is 17.5 Å². The molecule has 0 atom stereocenters. The van der Waals surface area contributed by atoms with E-state index in [1.807, 2.05) is 6.07 Å². The van der Waals surface area contributed by atoms with Crippen LogP contribution in [0.1, 0.15) is 51.3 Å². The van der Waals surface area contributed by atoms with Gasteiger partial charge in [0.1, 0.15) is 17.5 Å². The first-order chi connectivity index (χ1) is 8.04. The van der Waals surface area contributed by atoms with Gasteiger partial charge in [-0.3, -0.25) is 0 Å². The van der Waals surface area contributed by atoms with E-state index in [1.165, 1.54) is 25.7 Å². The average molecular weight is 232 g/mol. The Kier molecular flexibility index (Phi) is 2.28. The lowest BCUT2D eigenvalue weighted by atomic mass is 9.99. The van der Waals surface area contributed by atoms with Crippen LogP contribution in [0.15, 0.2) is 6.07 Å². The van der Waals surface area contributed by atoms with Crippen molar-refractivity contribution in [1.29, 1.82) is 0 Å². The van der Waals surface area contributed by atoms with Gasteiger partial charge in [-0.1, -0.05) is 0 Å². The molecule has 4 heteroatoms. The number of hydrogen-bond donors (Lipinski definition) is 2. The van der Waals surface area contributed by atoms with Gasteiger partial charge >= 0.3 is 0 Å².